The van der Waals surface area contributed by atoms with Crippen LogP contribution in [0.3, 0.4) is 0 Å². The van der Waals surface area contributed by atoms with Crippen molar-refractivity contribution in [2.75, 3.05) is 19.6 Å². The summed E-state index contributed by atoms with van der Waals surface area (Å²) in [5, 5.41) is 3.71. The SMILES string of the molecule is CCCC(CNC1CC1)N1CC(C)(C)OC(C)(C)C1. The summed E-state index contributed by atoms with van der Waals surface area (Å²) in [4.78, 5) is 2.66. The van der Waals surface area contributed by atoms with E-state index < -0.39 is 0 Å². The van der Waals surface area contributed by atoms with Gasteiger partial charge in [0.15, 0.2) is 0 Å². The predicted molar refractivity (Wildman–Crippen MR) is 80.5 cm³/mol. The van der Waals surface area contributed by atoms with Crippen LogP contribution in [0.5, 0.6) is 0 Å². The third-order valence-corrected chi connectivity index (χ3v) is 4.08. The maximum atomic E-state index is 6.20. The van der Waals surface area contributed by atoms with E-state index in [-0.39, 0.29) is 11.2 Å². The highest BCUT2D eigenvalue weighted by Crippen LogP contribution is 2.30. The molecule has 0 spiro atoms. The summed E-state index contributed by atoms with van der Waals surface area (Å²) in [6, 6.07) is 1.47. The van der Waals surface area contributed by atoms with Crippen molar-refractivity contribution in [1.29, 1.82) is 0 Å². The van der Waals surface area contributed by atoms with Gasteiger partial charge in [-0.1, -0.05) is 13.3 Å². The van der Waals surface area contributed by atoms with Crippen molar-refractivity contribution >= 4 is 0 Å². The fourth-order valence-corrected chi connectivity index (χ4v) is 3.44. The summed E-state index contributed by atoms with van der Waals surface area (Å²) in [5.74, 6) is 0. The van der Waals surface area contributed by atoms with Crippen LogP contribution in [0.25, 0.3) is 0 Å². The second-order valence-electron chi connectivity index (χ2n) is 7.65. The molecule has 1 aliphatic heterocycles. The highest BCUT2D eigenvalue weighted by Gasteiger charge is 2.40. The van der Waals surface area contributed by atoms with Crippen LogP contribution in [0.1, 0.15) is 60.3 Å². The Balaban J connectivity index is 1.97. The molecule has 0 aromatic carbocycles. The van der Waals surface area contributed by atoms with Gasteiger partial charge in [0, 0.05) is 31.7 Å². The van der Waals surface area contributed by atoms with Crippen molar-refractivity contribution in [3.05, 3.63) is 0 Å². The van der Waals surface area contributed by atoms with Gasteiger partial charge in [0.1, 0.15) is 0 Å². The monoisotopic (exact) mass is 268 g/mol. The lowest BCUT2D eigenvalue weighted by atomic mass is 9.96. The fraction of sp³-hybridized carbons (Fsp3) is 1.00. The van der Waals surface area contributed by atoms with Crippen LogP contribution in [0.2, 0.25) is 0 Å². The van der Waals surface area contributed by atoms with Crippen LogP contribution in [-0.4, -0.2) is 47.8 Å². The summed E-state index contributed by atoms with van der Waals surface area (Å²) in [6.07, 6.45) is 5.29. The van der Waals surface area contributed by atoms with Crippen LogP contribution in [-0.2, 0) is 4.74 Å². The van der Waals surface area contributed by atoms with Gasteiger partial charge in [0.05, 0.1) is 11.2 Å². The Bertz CT molecular complexity index is 281. The van der Waals surface area contributed by atoms with Crippen molar-refractivity contribution < 1.29 is 4.74 Å². The molecule has 3 heteroatoms. The van der Waals surface area contributed by atoms with Gasteiger partial charge in [-0.25, -0.2) is 0 Å². The minimum Gasteiger partial charge on any atom is -0.367 e. The van der Waals surface area contributed by atoms with Crippen LogP contribution in [0.4, 0.5) is 0 Å². The Morgan fingerprint density at radius 1 is 1.16 bits per heavy atom. The zero-order chi connectivity index (χ0) is 14.1. The maximum absolute atomic E-state index is 6.20. The van der Waals surface area contributed by atoms with Gasteiger partial charge in [-0.15, -0.1) is 0 Å². The Hall–Kier alpha value is -0.120. The zero-order valence-corrected chi connectivity index (χ0v) is 13.5. The molecular weight excluding hydrogens is 236 g/mol. The molecule has 1 saturated carbocycles. The first-order valence-electron chi connectivity index (χ1n) is 7.99. The molecule has 1 saturated heterocycles. The lowest BCUT2D eigenvalue weighted by Gasteiger charge is -2.50. The van der Waals surface area contributed by atoms with Gasteiger partial charge in [0.2, 0.25) is 0 Å². The van der Waals surface area contributed by atoms with Gasteiger partial charge in [-0.2, -0.15) is 0 Å². The Morgan fingerprint density at radius 3 is 2.21 bits per heavy atom. The summed E-state index contributed by atoms with van der Waals surface area (Å²) in [7, 11) is 0. The number of morpholine rings is 1. The number of hydrogen-bond donors (Lipinski definition) is 1. The summed E-state index contributed by atoms with van der Waals surface area (Å²) >= 11 is 0. The first kappa shape index (κ1) is 15.3. The van der Waals surface area contributed by atoms with E-state index in [1.807, 2.05) is 0 Å². The molecule has 2 aliphatic rings. The number of nitrogens with one attached hydrogen (secondary N) is 1. The summed E-state index contributed by atoms with van der Waals surface area (Å²) in [6.45, 7) is 14.4. The van der Waals surface area contributed by atoms with Gasteiger partial charge in [-0.3, -0.25) is 4.90 Å². The largest absolute Gasteiger partial charge is 0.367 e. The first-order valence-corrected chi connectivity index (χ1v) is 7.99. The highest BCUT2D eigenvalue weighted by molar-refractivity contribution is 4.93. The lowest BCUT2D eigenvalue weighted by molar-refractivity contribution is -0.187. The molecule has 0 bridgehead atoms. The second kappa shape index (κ2) is 5.71. The predicted octanol–water partition coefficient (Wildman–Crippen LogP) is 2.80. The minimum atomic E-state index is -0.0344. The van der Waals surface area contributed by atoms with Crippen LogP contribution in [0, 0.1) is 0 Å². The van der Waals surface area contributed by atoms with Gasteiger partial charge in [-0.05, 0) is 47.0 Å². The van der Waals surface area contributed by atoms with Crippen molar-refractivity contribution in [2.45, 2.75) is 83.6 Å². The zero-order valence-electron chi connectivity index (χ0n) is 13.5. The van der Waals surface area contributed by atoms with Gasteiger partial charge in [0.25, 0.3) is 0 Å². The lowest BCUT2D eigenvalue weighted by Crippen LogP contribution is -2.61. The molecule has 1 N–H and O–H groups in total. The van der Waals surface area contributed by atoms with Crippen molar-refractivity contribution in [3.63, 3.8) is 0 Å². The number of nitrogens with zero attached hydrogens (tertiary/aromatic N) is 1. The molecule has 0 aromatic rings. The van der Waals surface area contributed by atoms with E-state index in [4.69, 9.17) is 4.74 Å². The molecule has 19 heavy (non-hydrogen) atoms. The van der Waals surface area contributed by atoms with E-state index in [0.717, 1.165) is 25.7 Å². The molecule has 0 amide bonds. The van der Waals surface area contributed by atoms with Crippen molar-refractivity contribution in [3.8, 4) is 0 Å². The second-order valence-corrected chi connectivity index (χ2v) is 7.65. The first-order chi connectivity index (χ1) is 8.81. The Labute approximate surface area is 119 Å². The van der Waals surface area contributed by atoms with E-state index in [2.05, 4.69) is 44.8 Å². The smallest absolute Gasteiger partial charge is 0.0760 e. The van der Waals surface area contributed by atoms with E-state index >= 15 is 0 Å². The van der Waals surface area contributed by atoms with Crippen molar-refractivity contribution in [1.82, 2.24) is 10.2 Å². The van der Waals surface area contributed by atoms with E-state index in [1.165, 1.54) is 25.7 Å². The molecule has 112 valence electrons. The molecule has 0 aromatic heterocycles. The summed E-state index contributed by atoms with van der Waals surface area (Å²) < 4.78 is 6.20. The molecule has 1 aliphatic carbocycles. The maximum Gasteiger partial charge on any atom is 0.0760 e. The molecule has 0 radical (unpaired) electrons. The normalized spacial score (nSPS) is 28.3. The molecule has 3 nitrogen and oxygen atoms in total. The van der Waals surface area contributed by atoms with Crippen LogP contribution in [0.15, 0.2) is 0 Å². The molecule has 1 unspecified atom stereocenters. The van der Waals surface area contributed by atoms with Crippen LogP contribution >= 0.6 is 0 Å². The van der Waals surface area contributed by atoms with Gasteiger partial charge >= 0.3 is 0 Å². The fourth-order valence-electron chi connectivity index (χ4n) is 3.44. The standard InChI is InChI=1S/C16H32N2O/c1-6-7-14(10-17-13-8-9-13)18-11-15(2,3)19-16(4,5)12-18/h13-14,17H,6-12H2,1-5H3. The molecule has 2 fully saturated rings. The van der Waals surface area contributed by atoms with E-state index in [9.17, 15) is 0 Å². The Morgan fingerprint density at radius 2 is 1.74 bits per heavy atom. The molecule has 1 atom stereocenters. The molecule has 2 rings (SSSR count). The van der Waals surface area contributed by atoms with E-state index in [0.29, 0.717) is 6.04 Å². The average molecular weight is 268 g/mol. The summed E-state index contributed by atoms with van der Waals surface area (Å²) in [5.41, 5.74) is -0.0688. The number of rotatable bonds is 6. The average Bonchev–Trinajstić information content (AvgIpc) is 3.03. The Kier molecular flexibility index (Phi) is 4.59. The molecule has 1 heterocycles. The quantitative estimate of drug-likeness (QED) is 0.801. The van der Waals surface area contributed by atoms with Crippen LogP contribution < -0.4 is 5.32 Å². The van der Waals surface area contributed by atoms with Crippen molar-refractivity contribution in [2.24, 2.45) is 0 Å². The minimum absolute atomic E-state index is 0.0344. The van der Waals surface area contributed by atoms with Gasteiger partial charge < -0.3 is 10.1 Å². The highest BCUT2D eigenvalue weighted by atomic mass is 16.5. The third-order valence-electron chi connectivity index (χ3n) is 4.08. The number of hydrogen-bond acceptors (Lipinski definition) is 3. The topological polar surface area (TPSA) is 24.5 Å². The van der Waals surface area contributed by atoms with E-state index in [1.54, 1.807) is 0 Å². The number of ether oxygens (including phenoxy) is 1. The molecular formula is C16H32N2O. The third kappa shape index (κ3) is 4.73.